The van der Waals surface area contributed by atoms with Gasteiger partial charge in [0.2, 0.25) is 0 Å². The van der Waals surface area contributed by atoms with Gasteiger partial charge in [0.25, 0.3) is 0 Å². The molecule has 0 nitrogen and oxygen atoms in total. The Balaban J connectivity index is 2.02. The first-order valence-corrected chi connectivity index (χ1v) is 12.7. The van der Waals surface area contributed by atoms with E-state index >= 15 is 0 Å². The summed E-state index contributed by atoms with van der Waals surface area (Å²) in [7, 11) is 0. The Labute approximate surface area is 165 Å². The van der Waals surface area contributed by atoms with Crippen molar-refractivity contribution >= 4 is 0 Å². The summed E-state index contributed by atoms with van der Waals surface area (Å²) in [6.07, 6.45) is 24.2. The molecule has 3 aliphatic carbocycles. The molecule has 0 bridgehead atoms. The van der Waals surface area contributed by atoms with Crippen molar-refractivity contribution in [3.05, 3.63) is 0 Å². The minimum atomic E-state index is 0.689. The monoisotopic (exact) mass is 360 g/mol. The Bertz CT molecular complexity index is 420. The Morgan fingerprint density at radius 2 is 1.23 bits per heavy atom. The molecule has 26 heavy (non-hydrogen) atoms. The number of rotatable bonds is 7. The Hall–Kier alpha value is 0. The van der Waals surface area contributed by atoms with Crippen LogP contribution in [0.25, 0.3) is 0 Å². The molecule has 0 aromatic heterocycles. The van der Waals surface area contributed by atoms with Gasteiger partial charge >= 0.3 is 0 Å². The van der Waals surface area contributed by atoms with Gasteiger partial charge in [-0.25, -0.2) is 0 Å². The largest absolute Gasteiger partial charge is 0.0654 e. The van der Waals surface area contributed by atoms with Gasteiger partial charge in [-0.15, -0.1) is 0 Å². The summed E-state index contributed by atoms with van der Waals surface area (Å²) in [5.74, 6) is 4.19. The highest BCUT2D eigenvalue weighted by Crippen LogP contribution is 2.67. The molecule has 5 atom stereocenters. The van der Waals surface area contributed by atoms with Gasteiger partial charge < -0.3 is 0 Å². The lowest BCUT2D eigenvalue weighted by atomic mass is 9.40. The van der Waals surface area contributed by atoms with Gasteiger partial charge in [-0.2, -0.15) is 0 Å². The van der Waals surface area contributed by atoms with Gasteiger partial charge in [-0.05, 0) is 73.0 Å². The van der Waals surface area contributed by atoms with E-state index in [0.29, 0.717) is 10.8 Å². The van der Waals surface area contributed by atoms with E-state index in [9.17, 15) is 0 Å². The molecule has 3 fully saturated rings. The molecule has 0 aromatic rings. The van der Waals surface area contributed by atoms with Crippen LogP contribution >= 0.6 is 0 Å². The maximum atomic E-state index is 2.58. The first-order valence-electron chi connectivity index (χ1n) is 12.7. The van der Waals surface area contributed by atoms with E-state index in [1.165, 1.54) is 70.6 Å². The van der Waals surface area contributed by atoms with E-state index in [4.69, 9.17) is 0 Å². The second-order valence-corrected chi connectivity index (χ2v) is 10.5. The smallest absolute Gasteiger partial charge is 0.0238 e. The summed E-state index contributed by atoms with van der Waals surface area (Å²) in [5.41, 5.74) is 1.38. The average Bonchev–Trinajstić information content (AvgIpc) is 2.70. The molecular formula is C26H48. The molecule has 0 heterocycles. The molecule has 3 rings (SSSR count). The van der Waals surface area contributed by atoms with Crippen molar-refractivity contribution < 1.29 is 0 Å². The van der Waals surface area contributed by atoms with E-state index < -0.39 is 0 Å². The Morgan fingerprint density at radius 3 is 1.81 bits per heavy atom. The van der Waals surface area contributed by atoms with Gasteiger partial charge in [0.15, 0.2) is 0 Å². The summed E-state index contributed by atoms with van der Waals surface area (Å²) in [6, 6.07) is 0. The molecule has 5 unspecified atom stereocenters. The summed E-state index contributed by atoms with van der Waals surface area (Å²) in [5, 5.41) is 0. The van der Waals surface area contributed by atoms with Crippen LogP contribution in [0.3, 0.4) is 0 Å². The predicted octanol–water partition coefficient (Wildman–Crippen LogP) is 8.79. The fraction of sp³-hybridized carbons (Fsp3) is 1.00. The van der Waals surface area contributed by atoms with Gasteiger partial charge in [-0.1, -0.05) is 91.9 Å². The van der Waals surface area contributed by atoms with Crippen molar-refractivity contribution in [1.82, 2.24) is 0 Å². The zero-order chi connectivity index (χ0) is 18.6. The second kappa shape index (κ2) is 9.00. The van der Waals surface area contributed by atoms with Crippen molar-refractivity contribution in [2.45, 2.75) is 130 Å². The van der Waals surface area contributed by atoms with Crippen LogP contribution in [0.15, 0.2) is 0 Å². The van der Waals surface area contributed by atoms with Gasteiger partial charge in [-0.3, -0.25) is 0 Å². The van der Waals surface area contributed by atoms with Crippen LogP contribution in [0.2, 0.25) is 0 Å². The van der Waals surface area contributed by atoms with Crippen LogP contribution in [-0.2, 0) is 0 Å². The molecule has 3 saturated carbocycles. The number of hydrogen-bond acceptors (Lipinski definition) is 0. The third-order valence-corrected chi connectivity index (χ3v) is 9.70. The van der Waals surface area contributed by atoms with Crippen molar-refractivity contribution in [2.24, 2.45) is 34.5 Å². The SMILES string of the molecule is CCCC1(CC)CC(C2CCCCC2)C(CC)(CCC)C2CCCCC21. The third kappa shape index (κ3) is 3.53. The predicted molar refractivity (Wildman–Crippen MR) is 115 cm³/mol. The topological polar surface area (TPSA) is 0 Å². The van der Waals surface area contributed by atoms with Crippen molar-refractivity contribution in [2.75, 3.05) is 0 Å². The molecule has 3 aliphatic rings. The van der Waals surface area contributed by atoms with Crippen molar-refractivity contribution in [1.29, 1.82) is 0 Å². The first kappa shape index (κ1) is 20.7. The maximum Gasteiger partial charge on any atom is -0.0238 e. The Kier molecular flexibility index (Phi) is 7.17. The molecule has 0 amide bonds. The highest BCUT2D eigenvalue weighted by Gasteiger charge is 2.59. The molecule has 0 spiro atoms. The molecule has 152 valence electrons. The molecule has 0 radical (unpaired) electrons. The zero-order valence-electron chi connectivity index (χ0n) is 18.6. The van der Waals surface area contributed by atoms with Gasteiger partial charge in [0.05, 0.1) is 0 Å². The van der Waals surface area contributed by atoms with Crippen LogP contribution in [0.5, 0.6) is 0 Å². The highest BCUT2D eigenvalue weighted by atomic mass is 14.6. The fourth-order valence-corrected chi connectivity index (χ4v) is 8.70. The first-order chi connectivity index (χ1) is 12.7. The van der Waals surface area contributed by atoms with Gasteiger partial charge in [0.1, 0.15) is 0 Å². The summed E-state index contributed by atoms with van der Waals surface area (Å²) in [4.78, 5) is 0. The molecule has 0 N–H and O–H groups in total. The highest BCUT2D eigenvalue weighted by molar-refractivity contribution is 5.08. The lowest BCUT2D eigenvalue weighted by Gasteiger charge is -2.64. The lowest BCUT2D eigenvalue weighted by molar-refractivity contribution is -0.151. The van der Waals surface area contributed by atoms with Crippen LogP contribution in [0, 0.1) is 34.5 Å². The number of hydrogen-bond donors (Lipinski definition) is 0. The molecular weight excluding hydrogens is 312 g/mol. The zero-order valence-corrected chi connectivity index (χ0v) is 18.6. The van der Waals surface area contributed by atoms with Crippen LogP contribution in [0.4, 0.5) is 0 Å². The molecule has 0 aliphatic heterocycles. The lowest BCUT2D eigenvalue weighted by Crippen LogP contribution is -2.56. The van der Waals surface area contributed by atoms with E-state index in [1.807, 2.05) is 0 Å². The van der Waals surface area contributed by atoms with Crippen molar-refractivity contribution in [3.8, 4) is 0 Å². The fourth-order valence-electron chi connectivity index (χ4n) is 8.70. The third-order valence-electron chi connectivity index (χ3n) is 9.70. The molecule has 0 saturated heterocycles. The minimum Gasteiger partial charge on any atom is -0.0654 e. The van der Waals surface area contributed by atoms with E-state index in [2.05, 4.69) is 27.7 Å². The normalized spacial score (nSPS) is 41.8. The summed E-state index contributed by atoms with van der Waals surface area (Å²) < 4.78 is 0. The molecule has 0 aromatic carbocycles. The second-order valence-electron chi connectivity index (χ2n) is 10.5. The number of fused-ring (bicyclic) bond motifs is 1. The van der Waals surface area contributed by atoms with E-state index in [0.717, 1.165) is 23.7 Å². The maximum absolute atomic E-state index is 2.58. The summed E-state index contributed by atoms with van der Waals surface area (Å²) in [6.45, 7) is 10.1. The van der Waals surface area contributed by atoms with Gasteiger partial charge in [0, 0.05) is 0 Å². The summed E-state index contributed by atoms with van der Waals surface area (Å²) >= 11 is 0. The standard InChI is InChI=1S/C26H48/c1-5-18-25(7-3)20-24(21-14-10-9-11-15-21)26(8-4,19-6-2)23-17-13-12-16-22(23)25/h21-24H,5-20H2,1-4H3. The van der Waals surface area contributed by atoms with Crippen LogP contribution in [0.1, 0.15) is 130 Å². The minimum absolute atomic E-state index is 0.689. The molecule has 0 heteroatoms. The van der Waals surface area contributed by atoms with E-state index in [-0.39, 0.29) is 0 Å². The van der Waals surface area contributed by atoms with Crippen LogP contribution < -0.4 is 0 Å². The average molecular weight is 361 g/mol. The van der Waals surface area contributed by atoms with E-state index in [1.54, 1.807) is 32.1 Å². The quantitative estimate of drug-likeness (QED) is 0.425. The Morgan fingerprint density at radius 1 is 0.615 bits per heavy atom. The van der Waals surface area contributed by atoms with Crippen LogP contribution in [-0.4, -0.2) is 0 Å². The van der Waals surface area contributed by atoms with Crippen molar-refractivity contribution in [3.63, 3.8) is 0 Å².